The van der Waals surface area contributed by atoms with Gasteiger partial charge in [-0.2, -0.15) is 0 Å². The largest absolute Gasteiger partial charge is 0.489 e. The fraction of sp³-hybridized carbons (Fsp3) is 0.154. The molecular weight excluding hydrogens is 461 g/mol. The van der Waals surface area contributed by atoms with Crippen molar-refractivity contribution in [3.05, 3.63) is 93.7 Å². The van der Waals surface area contributed by atoms with Crippen LogP contribution in [0.3, 0.4) is 0 Å². The van der Waals surface area contributed by atoms with E-state index in [4.69, 9.17) is 32.5 Å². The van der Waals surface area contributed by atoms with Crippen molar-refractivity contribution >= 4 is 29.2 Å². The van der Waals surface area contributed by atoms with Crippen molar-refractivity contribution in [3.8, 4) is 28.1 Å². The summed E-state index contributed by atoms with van der Waals surface area (Å²) in [6, 6.07) is 19.6. The van der Waals surface area contributed by atoms with Gasteiger partial charge in [0.15, 0.2) is 0 Å². The van der Waals surface area contributed by atoms with E-state index in [2.05, 4.69) is 12.1 Å². The monoisotopic (exact) mass is 481 g/mol. The van der Waals surface area contributed by atoms with Crippen molar-refractivity contribution in [1.29, 1.82) is 0 Å². The molecule has 0 aliphatic heterocycles. The standard InChI is InChI=1S/C26H21Cl2NO4/c1-2-5-23-20(25(29-33-23)24-21(27)8-4-9-22(24)28)15-32-19-12-10-16(11-13-19)17-6-3-7-18(14-17)26(30)31/h3-4,6-14H,2,5,15H2,1H3,(H,30,31). The van der Waals surface area contributed by atoms with Gasteiger partial charge in [0.1, 0.15) is 23.8 Å². The first kappa shape index (κ1) is 22.9. The molecule has 0 amide bonds. The maximum Gasteiger partial charge on any atom is 0.335 e. The van der Waals surface area contributed by atoms with Gasteiger partial charge < -0.3 is 14.4 Å². The maximum atomic E-state index is 11.2. The quantitative estimate of drug-likeness (QED) is 0.281. The minimum absolute atomic E-state index is 0.240. The van der Waals surface area contributed by atoms with E-state index in [1.165, 1.54) is 0 Å². The Morgan fingerprint density at radius 3 is 2.36 bits per heavy atom. The molecule has 0 bridgehead atoms. The van der Waals surface area contributed by atoms with Crippen molar-refractivity contribution in [2.45, 2.75) is 26.4 Å². The molecule has 0 aliphatic carbocycles. The summed E-state index contributed by atoms with van der Waals surface area (Å²) in [5.41, 5.74) is 3.97. The average molecular weight is 482 g/mol. The number of rotatable bonds is 8. The number of aromatic nitrogens is 1. The molecule has 4 aromatic rings. The maximum absolute atomic E-state index is 11.2. The highest BCUT2D eigenvalue weighted by atomic mass is 35.5. The topological polar surface area (TPSA) is 72.6 Å². The Labute approximate surface area is 201 Å². The summed E-state index contributed by atoms with van der Waals surface area (Å²) in [5, 5.41) is 14.4. The molecule has 0 saturated carbocycles. The third-order valence-corrected chi connectivity index (χ3v) is 5.86. The van der Waals surface area contributed by atoms with Gasteiger partial charge in [-0.3, -0.25) is 0 Å². The molecule has 1 N–H and O–H groups in total. The van der Waals surface area contributed by atoms with E-state index in [1.807, 2.05) is 30.3 Å². The van der Waals surface area contributed by atoms with E-state index in [-0.39, 0.29) is 12.2 Å². The molecule has 0 spiro atoms. The molecule has 5 nitrogen and oxygen atoms in total. The molecule has 3 aromatic carbocycles. The predicted octanol–water partition coefficient (Wildman–Crippen LogP) is 7.55. The van der Waals surface area contributed by atoms with Crippen molar-refractivity contribution in [2.75, 3.05) is 0 Å². The normalized spacial score (nSPS) is 10.9. The van der Waals surface area contributed by atoms with Crippen LogP contribution in [-0.2, 0) is 13.0 Å². The molecule has 0 radical (unpaired) electrons. The summed E-state index contributed by atoms with van der Waals surface area (Å²) in [6.45, 7) is 2.30. The number of carboxylic acids is 1. The summed E-state index contributed by atoms with van der Waals surface area (Å²) in [6.07, 6.45) is 1.61. The van der Waals surface area contributed by atoms with Crippen molar-refractivity contribution in [1.82, 2.24) is 5.16 Å². The van der Waals surface area contributed by atoms with Crippen LogP contribution >= 0.6 is 23.2 Å². The van der Waals surface area contributed by atoms with Crippen LogP contribution in [0.5, 0.6) is 5.75 Å². The Bertz CT molecular complexity index is 1260. The molecule has 33 heavy (non-hydrogen) atoms. The number of nitrogens with zero attached hydrogens (tertiary/aromatic N) is 1. The molecule has 4 rings (SSSR count). The average Bonchev–Trinajstić information content (AvgIpc) is 3.20. The lowest BCUT2D eigenvalue weighted by Gasteiger charge is -2.10. The fourth-order valence-electron chi connectivity index (χ4n) is 3.57. The summed E-state index contributed by atoms with van der Waals surface area (Å²) < 4.78 is 11.7. The third-order valence-electron chi connectivity index (χ3n) is 5.23. The minimum atomic E-state index is -0.956. The van der Waals surface area contributed by atoms with Gasteiger partial charge in [0.05, 0.1) is 21.2 Å². The lowest BCUT2D eigenvalue weighted by atomic mass is 10.0. The molecule has 168 valence electrons. The SMILES string of the molecule is CCCc1onc(-c2c(Cl)cccc2Cl)c1COc1ccc(-c2cccc(C(=O)O)c2)cc1. The second-order valence-corrected chi connectivity index (χ2v) is 8.29. The van der Waals surface area contributed by atoms with Gasteiger partial charge in [0, 0.05) is 12.0 Å². The zero-order valence-corrected chi connectivity index (χ0v) is 19.4. The van der Waals surface area contributed by atoms with Gasteiger partial charge in [-0.1, -0.05) is 65.6 Å². The number of aromatic carboxylic acids is 1. The van der Waals surface area contributed by atoms with Crippen LogP contribution in [0.4, 0.5) is 0 Å². The lowest BCUT2D eigenvalue weighted by molar-refractivity contribution is 0.0697. The second-order valence-electron chi connectivity index (χ2n) is 7.48. The van der Waals surface area contributed by atoms with Gasteiger partial charge in [0.2, 0.25) is 0 Å². The first-order chi connectivity index (χ1) is 16.0. The van der Waals surface area contributed by atoms with Gasteiger partial charge in [-0.25, -0.2) is 4.79 Å². The van der Waals surface area contributed by atoms with Gasteiger partial charge in [-0.05, 0) is 53.9 Å². The van der Waals surface area contributed by atoms with E-state index in [0.29, 0.717) is 33.5 Å². The highest BCUT2D eigenvalue weighted by Gasteiger charge is 2.21. The number of hydrogen-bond acceptors (Lipinski definition) is 4. The smallest absolute Gasteiger partial charge is 0.335 e. The molecule has 0 fully saturated rings. The summed E-state index contributed by atoms with van der Waals surface area (Å²) in [5.74, 6) is 0.446. The summed E-state index contributed by atoms with van der Waals surface area (Å²) in [4.78, 5) is 11.2. The first-order valence-electron chi connectivity index (χ1n) is 10.5. The molecule has 0 aliphatic rings. The Balaban J connectivity index is 1.58. The first-order valence-corrected chi connectivity index (χ1v) is 11.2. The summed E-state index contributed by atoms with van der Waals surface area (Å²) in [7, 11) is 0. The van der Waals surface area contributed by atoms with E-state index < -0.39 is 5.97 Å². The number of benzene rings is 3. The van der Waals surface area contributed by atoms with Crippen LogP contribution in [0.25, 0.3) is 22.4 Å². The Morgan fingerprint density at radius 1 is 1.00 bits per heavy atom. The Morgan fingerprint density at radius 2 is 1.70 bits per heavy atom. The fourth-order valence-corrected chi connectivity index (χ4v) is 4.14. The number of carboxylic acid groups (broad SMARTS) is 1. The predicted molar refractivity (Wildman–Crippen MR) is 129 cm³/mol. The van der Waals surface area contributed by atoms with E-state index in [9.17, 15) is 9.90 Å². The van der Waals surface area contributed by atoms with Crippen molar-refractivity contribution in [2.24, 2.45) is 0 Å². The van der Waals surface area contributed by atoms with Crippen molar-refractivity contribution < 1.29 is 19.2 Å². The van der Waals surface area contributed by atoms with E-state index in [1.54, 1.807) is 36.4 Å². The Hall–Kier alpha value is -3.28. The number of hydrogen-bond donors (Lipinski definition) is 1. The zero-order chi connectivity index (χ0) is 23.4. The number of ether oxygens (including phenoxy) is 1. The van der Waals surface area contributed by atoms with Crippen LogP contribution in [0.2, 0.25) is 10.0 Å². The van der Waals surface area contributed by atoms with Crippen LogP contribution < -0.4 is 4.74 Å². The third kappa shape index (κ3) is 5.05. The van der Waals surface area contributed by atoms with Gasteiger partial charge in [0.25, 0.3) is 0 Å². The number of halogens is 2. The highest BCUT2D eigenvalue weighted by Crippen LogP contribution is 2.37. The molecule has 7 heteroatoms. The molecule has 0 saturated heterocycles. The zero-order valence-electron chi connectivity index (χ0n) is 17.8. The highest BCUT2D eigenvalue weighted by molar-refractivity contribution is 6.39. The summed E-state index contributed by atoms with van der Waals surface area (Å²) >= 11 is 12.8. The second kappa shape index (κ2) is 10.1. The number of carbonyl (C=O) groups is 1. The van der Waals surface area contributed by atoms with Crippen LogP contribution in [0.15, 0.2) is 71.3 Å². The van der Waals surface area contributed by atoms with Gasteiger partial charge >= 0.3 is 5.97 Å². The number of aryl methyl sites for hydroxylation is 1. The molecule has 1 heterocycles. The molecular formula is C26H21Cl2NO4. The van der Waals surface area contributed by atoms with Gasteiger partial charge in [-0.15, -0.1) is 0 Å². The molecule has 0 atom stereocenters. The van der Waals surface area contributed by atoms with E-state index in [0.717, 1.165) is 28.9 Å². The van der Waals surface area contributed by atoms with Crippen molar-refractivity contribution in [3.63, 3.8) is 0 Å². The Kier molecular flexibility index (Phi) is 7.02. The molecule has 1 aromatic heterocycles. The minimum Gasteiger partial charge on any atom is -0.489 e. The van der Waals surface area contributed by atoms with Crippen LogP contribution in [-0.4, -0.2) is 16.2 Å². The van der Waals surface area contributed by atoms with E-state index >= 15 is 0 Å². The molecule has 0 unspecified atom stereocenters. The van der Waals surface area contributed by atoms with Crippen LogP contribution in [0, 0.1) is 0 Å². The lowest BCUT2D eigenvalue weighted by Crippen LogP contribution is -2.00. The van der Waals surface area contributed by atoms with Crippen LogP contribution in [0.1, 0.15) is 35.0 Å².